The second-order valence-electron chi connectivity index (χ2n) is 6.37. The largest absolute Gasteiger partial charge is 0.494 e. The summed E-state index contributed by atoms with van der Waals surface area (Å²) >= 11 is 0. The smallest absolute Gasteiger partial charge is 0.220 e. The summed E-state index contributed by atoms with van der Waals surface area (Å²) < 4.78 is 5.79. The van der Waals surface area contributed by atoms with Gasteiger partial charge in [-0.3, -0.25) is 0 Å². The molecule has 4 nitrogen and oxygen atoms in total. The molecule has 3 aromatic rings. The number of aryl methyl sites for hydroxylation is 2. The molecule has 0 aliphatic rings. The van der Waals surface area contributed by atoms with E-state index in [1.807, 2.05) is 30.3 Å². The fourth-order valence-corrected chi connectivity index (χ4v) is 3.00. The zero-order valence-electron chi connectivity index (χ0n) is 14.7. The van der Waals surface area contributed by atoms with Gasteiger partial charge in [-0.2, -0.15) is 0 Å². The van der Waals surface area contributed by atoms with Crippen molar-refractivity contribution >= 4 is 16.9 Å². The maximum absolute atomic E-state index is 5.82. The number of aromatic nitrogens is 2. The van der Waals surface area contributed by atoms with Crippen molar-refractivity contribution in [2.75, 3.05) is 12.3 Å². The number of nitrogens with two attached hydrogens (primary N) is 1. The quantitative estimate of drug-likeness (QED) is 0.606. The first-order valence-corrected chi connectivity index (χ1v) is 8.93. The van der Waals surface area contributed by atoms with Crippen molar-refractivity contribution in [3.05, 3.63) is 59.8 Å². The number of unbranched alkanes of at least 4 members (excludes halogenated alkanes) is 3. The molecule has 130 valence electrons. The number of rotatable bonds is 8. The number of ether oxygens (including phenoxy) is 1. The lowest BCUT2D eigenvalue weighted by molar-refractivity contribution is 0.304. The van der Waals surface area contributed by atoms with Crippen molar-refractivity contribution in [3.8, 4) is 5.75 Å². The lowest BCUT2D eigenvalue weighted by Crippen LogP contribution is -2.01. The number of anilines is 1. The summed E-state index contributed by atoms with van der Waals surface area (Å²) in [4.78, 5) is 8.72. The molecule has 0 spiro atoms. The SMILES string of the molecule is Cc1cccc(OCCCCCCc2nc(N)nc3ccccc23)c1. The van der Waals surface area contributed by atoms with E-state index >= 15 is 0 Å². The van der Waals surface area contributed by atoms with E-state index in [0.29, 0.717) is 5.95 Å². The lowest BCUT2D eigenvalue weighted by atomic mass is 10.1. The van der Waals surface area contributed by atoms with Gasteiger partial charge >= 0.3 is 0 Å². The minimum Gasteiger partial charge on any atom is -0.494 e. The standard InChI is InChI=1S/C21H25N3O/c1-16-9-8-10-17(15-16)25-14-7-3-2-4-12-19-18-11-5-6-13-20(18)24-21(22)23-19/h5-6,8-11,13,15H,2-4,7,12,14H2,1H3,(H2,22,23,24). The average molecular weight is 335 g/mol. The van der Waals surface area contributed by atoms with E-state index in [0.717, 1.165) is 61.1 Å². The van der Waals surface area contributed by atoms with Crippen molar-refractivity contribution in [1.82, 2.24) is 9.97 Å². The van der Waals surface area contributed by atoms with Gasteiger partial charge in [0.2, 0.25) is 5.95 Å². The predicted octanol–water partition coefficient (Wildman–Crippen LogP) is 4.70. The van der Waals surface area contributed by atoms with E-state index in [1.54, 1.807) is 0 Å². The topological polar surface area (TPSA) is 61.0 Å². The van der Waals surface area contributed by atoms with Crippen LogP contribution in [-0.2, 0) is 6.42 Å². The van der Waals surface area contributed by atoms with Crippen LogP contribution >= 0.6 is 0 Å². The molecule has 4 heteroatoms. The zero-order valence-corrected chi connectivity index (χ0v) is 14.7. The molecule has 0 amide bonds. The Hall–Kier alpha value is -2.62. The molecule has 1 heterocycles. The molecule has 0 saturated carbocycles. The minimum atomic E-state index is 0.361. The lowest BCUT2D eigenvalue weighted by Gasteiger charge is -2.08. The Morgan fingerprint density at radius 1 is 0.920 bits per heavy atom. The van der Waals surface area contributed by atoms with Crippen molar-refractivity contribution < 1.29 is 4.74 Å². The van der Waals surface area contributed by atoms with Crippen LogP contribution < -0.4 is 10.5 Å². The van der Waals surface area contributed by atoms with Gasteiger partial charge in [-0.1, -0.05) is 43.2 Å². The van der Waals surface area contributed by atoms with Crippen LogP contribution in [0.5, 0.6) is 5.75 Å². The number of para-hydroxylation sites is 1. The molecule has 0 atom stereocenters. The number of nitrogen functional groups attached to an aromatic ring is 1. The predicted molar refractivity (Wildman–Crippen MR) is 103 cm³/mol. The second kappa shape index (κ2) is 8.47. The Balaban J connectivity index is 1.40. The van der Waals surface area contributed by atoms with Gasteiger partial charge in [0.05, 0.1) is 17.8 Å². The Labute approximate surface area is 149 Å². The van der Waals surface area contributed by atoms with Crippen LogP contribution in [0, 0.1) is 6.92 Å². The summed E-state index contributed by atoms with van der Waals surface area (Å²) in [6.45, 7) is 2.85. The Bertz CT molecular complexity index is 832. The third-order valence-corrected chi connectivity index (χ3v) is 4.27. The molecule has 0 unspecified atom stereocenters. The molecule has 1 aromatic heterocycles. The molecule has 2 aromatic carbocycles. The Kier molecular flexibility index (Phi) is 5.83. The molecule has 2 N–H and O–H groups in total. The third-order valence-electron chi connectivity index (χ3n) is 4.27. The normalized spacial score (nSPS) is 10.9. The van der Waals surface area contributed by atoms with E-state index in [4.69, 9.17) is 10.5 Å². The van der Waals surface area contributed by atoms with Gasteiger partial charge in [-0.25, -0.2) is 9.97 Å². The maximum Gasteiger partial charge on any atom is 0.220 e. The molecule has 3 rings (SSSR count). The molecule has 0 aliphatic heterocycles. The van der Waals surface area contributed by atoms with E-state index in [9.17, 15) is 0 Å². The summed E-state index contributed by atoms with van der Waals surface area (Å²) in [6.07, 6.45) is 5.43. The van der Waals surface area contributed by atoms with Gasteiger partial charge in [0.15, 0.2) is 0 Å². The second-order valence-corrected chi connectivity index (χ2v) is 6.37. The van der Waals surface area contributed by atoms with Gasteiger partial charge in [0.1, 0.15) is 5.75 Å². The number of hydrogen-bond acceptors (Lipinski definition) is 4. The molecule has 25 heavy (non-hydrogen) atoms. The van der Waals surface area contributed by atoms with Crippen LogP contribution in [0.2, 0.25) is 0 Å². The maximum atomic E-state index is 5.82. The van der Waals surface area contributed by atoms with E-state index < -0.39 is 0 Å². The monoisotopic (exact) mass is 335 g/mol. The van der Waals surface area contributed by atoms with Crippen LogP contribution in [0.25, 0.3) is 10.9 Å². The van der Waals surface area contributed by atoms with Crippen LogP contribution in [-0.4, -0.2) is 16.6 Å². The van der Waals surface area contributed by atoms with Gasteiger partial charge < -0.3 is 10.5 Å². The molecular weight excluding hydrogens is 310 g/mol. The summed E-state index contributed by atoms with van der Waals surface area (Å²) in [6, 6.07) is 16.3. The van der Waals surface area contributed by atoms with E-state index in [2.05, 4.69) is 35.1 Å². The van der Waals surface area contributed by atoms with Gasteiger partial charge in [-0.05, 0) is 49.9 Å². The third kappa shape index (κ3) is 4.92. The zero-order chi connectivity index (χ0) is 17.5. The van der Waals surface area contributed by atoms with Gasteiger partial charge in [0, 0.05) is 5.39 Å². The van der Waals surface area contributed by atoms with Crippen molar-refractivity contribution in [2.24, 2.45) is 0 Å². The van der Waals surface area contributed by atoms with Crippen molar-refractivity contribution in [3.63, 3.8) is 0 Å². The Morgan fingerprint density at radius 3 is 2.64 bits per heavy atom. The summed E-state index contributed by atoms with van der Waals surface area (Å²) in [7, 11) is 0. The number of nitrogens with zero attached hydrogens (tertiary/aromatic N) is 2. The van der Waals surface area contributed by atoms with Crippen LogP contribution in [0.15, 0.2) is 48.5 Å². The highest BCUT2D eigenvalue weighted by Gasteiger charge is 2.05. The molecule has 0 saturated heterocycles. The highest BCUT2D eigenvalue weighted by Crippen LogP contribution is 2.19. The van der Waals surface area contributed by atoms with Crippen molar-refractivity contribution in [1.29, 1.82) is 0 Å². The molecular formula is C21H25N3O. The van der Waals surface area contributed by atoms with E-state index in [1.165, 1.54) is 5.56 Å². The number of benzene rings is 2. The summed E-state index contributed by atoms with van der Waals surface area (Å²) in [5.74, 6) is 1.32. The summed E-state index contributed by atoms with van der Waals surface area (Å²) in [5.41, 5.74) is 9.03. The van der Waals surface area contributed by atoms with Gasteiger partial charge in [-0.15, -0.1) is 0 Å². The summed E-state index contributed by atoms with van der Waals surface area (Å²) in [5, 5.41) is 1.11. The minimum absolute atomic E-state index is 0.361. The van der Waals surface area contributed by atoms with Gasteiger partial charge in [0.25, 0.3) is 0 Å². The van der Waals surface area contributed by atoms with Crippen LogP contribution in [0.4, 0.5) is 5.95 Å². The first-order valence-electron chi connectivity index (χ1n) is 8.93. The Morgan fingerprint density at radius 2 is 1.76 bits per heavy atom. The fraction of sp³-hybridized carbons (Fsp3) is 0.333. The van der Waals surface area contributed by atoms with Crippen LogP contribution in [0.3, 0.4) is 0 Å². The average Bonchev–Trinajstić information content (AvgIpc) is 2.60. The number of fused-ring (bicyclic) bond motifs is 1. The first kappa shape index (κ1) is 17.2. The van der Waals surface area contributed by atoms with E-state index in [-0.39, 0.29) is 0 Å². The van der Waals surface area contributed by atoms with Crippen molar-refractivity contribution in [2.45, 2.75) is 39.0 Å². The van der Waals surface area contributed by atoms with Crippen LogP contribution in [0.1, 0.15) is 36.9 Å². The molecule has 0 aliphatic carbocycles. The number of hydrogen-bond donors (Lipinski definition) is 1. The molecule has 0 fully saturated rings. The molecule has 0 radical (unpaired) electrons. The highest BCUT2D eigenvalue weighted by molar-refractivity contribution is 5.81. The fourth-order valence-electron chi connectivity index (χ4n) is 3.00. The molecule has 0 bridgehead atoms. The first-order chi connectivity index (χ1) is 12.2. The highest BCUT2D eigenvalue weighted by atomic mass is 16.5.